The minimum absolute atomic E-state index is 0.0958. The van der Waals surface area contributed by atoms with Crippen LogP contribution in [0.2, 0.25) is 0 Å². The number of nitrogens with one attached hydrogen (secondary N) is 2. The smallest absolute Gasteiger partial charge is 0.251 e. The lowest BCUT2D eigenvalue weighted by molar-refractivity contribution is -0.378. The molecule has 18 heavy (non-hydrogen) atoms. The summed E-state index contributed by atoms with van der Waals surface area (Å²) in [5, 5.41) is 2.85. The summed E-state index contributed by atoms with van der Waals surface area (Å²) in [6.45, 7) is 0.502. The molecule has 92 valence electrons. The summed E-state index contributed by atoms with van der Waals surface area (Å²) in [5.41, 5.74) is 1.65. The molecule has 0 aliphatic carbocycles. The van der Waals surface area contributed by atoms with Gasteiger partial charge in [-0.1, -0.05) is 0 Å². The summed E-state index contributed by atoms with van der Waals surface area (Å²) < 4.78 is 5.04. The molecule has 4 heteroatoms. The number of methoxy groups -OCH3 is 1. The number of aromatic amines is 1. The zero-order valence-electron chi connectivity index (χ0n) is 10.1. The number of amides is 1. The molecule has 0 radical (unpaired) electrons. The number of aromatic nitrogens is 1. The molecule has 0 spiro atoms. The number of rotatable bonds is 4. The van der Waals surface area contributed by atoms with E-state index in [1.54, 1.807) is 31.4 Å². The minimum Gasteiger partial charge on any atom is -0.497 e. The molecule has 1 aromatic carbocycles. The summed E-state index contributed by atoms with van der Waals surface area (Å²) in [4.78, 5) is 14.8. The molecule has 1 heterocycles. The lowest BCUT2D eigenvalue weighted by Gasteiger charge is -2.05. The Balaban J connectivity index is 1.95. The second kappa shape index (κ2) is 5.82. The molecule has 4 nitrogen and oxygen atoms in total. The van der Waals surface area contributed by atoms with Crippen LogP contribution in [0.1, 0.15) is 15.9 Å². The highest BCUT2D eigenvalue weighted by Gasteiger charge is 2.05. The number of pyridine rings is 1. The number of H-pyrrole nitrogens is 1. The molecule has 0 atom stereocenters. The molecule has 0 bridgehead atoms. The maximum atomic E-state index is 11.9. The van der Waals surface area contributed by atoms with Crippen LogP contribution in [0.25, 0.3) is 0 Å². The molecule has 0 saturated carbocycles. The Hall–Kier alpha value is -2.36. The second-order valence-corrected chi connectivity index (χ2v) is 3.82. The van der Waals surface area contributed by atoms with Crippen molar-refractivity contribution >= 4 is 5.91 Å². The van der Waals surface area contributed by atoms with Crippen molar-refractivity contribution in [2.24, 2.45) is 0 Å². The summed E-state index contributed by atoms with van der Waals surface area (Å²) >= 11 is 0. The van der Waals surface area contributed by atoms with Crippen LogP contribution in [0.15, 0.2) is 48.8 Å². The van der Waals surface area contributed by atoms with E-state index in [4.69, 9.17) is 4.74 Å². The molecule has 2 aromatic rings. The van der Waals surface area contributed by atoms with Gasteiger partial charge in [-0.2, -0.15) is 0 Å². The van der Waals surface area contributed by atoms with Crippen molar-refractivity contribution in [2.45, 2.75) is 6.54 Å². The first-order chi connectivity index (χ1) is 8.79. The Morgan fingerprint density at radius 2 is 2.06 bits per heavy atom. The van der Waals surface area contributed by atoms with Crippen molar-refractivity contribution in [2.75, 3.05) is 7.11 Å². The van der Waals surface area contributed by atoms with E-state index in [1.807, 2.05) is 24.5 Å². The fraction of sp³-hybridized carbons (Fsp3) is 0.143. The molecular formula is C14H15N2O2+. The average Bonchev–Trinajstić information content (AvgIpc) is 2.46. The Morgan fingerprint density at radius 3 is 2.67 bits per heavy atom. The molecule has 0 aliphatic rings. The van der Waals surface area contributed by atoms with Crippen molar-refractivity contribution in [3.8, 4) is 5.75 Å². The Labute approximate surface area is 106 Å². The molecule has 1 amide bonds. The Bertz CT molecular complexity index is 509. The SMILES string of the molecule is COc1ccc(C(=O)NCc2ccc[nH+]c2)cc1. The highest BCUT2D eigenvalue weighted by Crippen LogP contribution is 2.11. The van der Waals surface area contributed by atoms with Crippen LogP contribution in [-0.2, 0) is 6.54 Å². The first-order valence-electron chi connectivity index (χ1n) is 5.67. The van der Waals surface area contributed by atoms with Gasteiger partial charge in [-0.25, -0.2) is 4.98 Å². The van der Waals surface area contributed by atoms with Gasteiger partial charge in [-0.05, 0) is 30.3 Å². The van der Waals surface area contributed by atoms with E-state index >= 15 is 0 Å². The van der Waals surface area contributed by atoms with Crippen molar-refractivity contribution < 1.29 is 14.5 Å². The van der Waals surface area contributed by atoms with E-state index in [2.05, 4.69) is 10.3 Å². The molecule has 0 unspecified atom stereocenters. The number of ether oxygens (including phenoxy) is 1. The average molecular weight is 243 g/mol. The number of hydrogen-bond donors (Lipinski definition) is 1. The molecule has 2 N–H and O–H groups in total. The molecule has 0 aliphatic heterocycles. The van der Waals surface area contributed by atoms with Crippen LogP contribution in [0.5, 0.6) is 5.75 Å². The van der Waals surface area contributed by atoms with Gasteiger partial charge in [0.2, 0.25) is 0 Å². The van der Waals surface area contributed by atoms with Crippen LogP contribution < -0.4 is 15.0 Å². The summed E-state index contributed by atoms with van der Waals surface area (Å²) in [7, 11) is 1.60. The van der Waals surface area contributed by atoms with E-state index in [1.165, 1.54) is 0 Å². The summed E-state index contributed by atoms with van der Waals surface area (Å²) in [6.07, 6.45) is 3.68. The highest BCUT2D eigenvalue weighted by atomic mass is 16.5. The van der Waals surface area contributed by atoms with Gasteiger partial charge in [0.15, 0.2) is 12.4 Å². The van der Waals surface area contributed by atoms with Gasteiger partial charge in [0.25, 0.3) is 5.91 Å². The quantitative estimate of drug-likeness (QED) is 0.883. The van der Waals surface area contributed by atoms with Gasteiger partial charge in [0.1, 0.15) is 5.75 Å². The first kappa shape index (κ1) is 12.1. The van der Waals surface area contributed by atoms with Crippen LogP contribution in [0, 0.1) is 0 Å². The topological polar surface area (TPSA) is 52.5 Å². The molecule has 2 rings (SSSR count). The maximum Gasteiger partial charge on any atom is 0.251 e. The van der Waals surface area contributed by atoms with Gasteiger partial charge in [0.05, 0.1) is 7.11 Å². The third-order valence-electron chi connectivity index (χ3n) is 2.58. The van der Waals surface area contributed by atoms with Gasteiger partial charge < -0.3 is 10.1 Å². The fourth-order valence-electron chi connectivity index (χ4n) is 1.57. The minimum atomic E-state index is -0.0958. The molecule has 0 fully saturated rings. The normalized spacial score (nSPS) is 9.83. The number of benzene rings is 1. The summed E-state index contributed by atoms with van der Waals surface area (Å²) in [5.74, 6) is 0.644. The van der Waals surface area contributed by atoms with E-state index in [0.29, 0.717) is 12.1 Å². The largest absolute Gasteiger partial charge is 0.497 e. The molecule has 1 aromatic heterocycles. The van der Waals surface area contributed by atoms with Crippen molar-refractivity contribution in [3.05, 3.63) is 59.9 Å². The Morgan fingerprint density at radius 1 is 1.28 bits per heavy atom. The zero-order valence-corrected chi connectivity index (χ0v) is 10.1. The van der Waals surface area contributed by atoms with E-state index in [-0.39, 0.29) is 5.91 Å². The zero-order chi connectivity index (χ0) is 12.8. The monoisotopic (exact) mass is 243 g/mol. The van der Waals surface area contributed by atoms with Crippen molar-refractivity contribution in [1.29, 1.82) is 0 Å². The molecular weight excluding hydrogens is 228 g/mol. The maximum absolute atomic E-state index is 11.9. The lowest BCUT2D eigenvalue weighted by atomic mass is 10.2. The lowest BCUT2D eigenvalue weighted by Crippen LogP contribution is -2.23. The van der Waals surface area contributed by atoms with Gasteiger partial charge in [-0.3, -0.25) is 4.79 Å². The van der Waals surface area contributed by atoms with Gasteiger partial charge in [-0.15, -0.1) is 0 Å². The first-order valence-corrected chi connectivity index (χ1v) is 5.67. The van der Waals surface area contributed by atoms with Gasteiger partial charge >= 0.3 is 0 Å². The predicted molar refractivity (Wildman–Crippen MR) is 67.2 cm³/mol. The number of hydrogen-bond acceptors (Lipinski definition) is 2. The molecule has 0 saturated heterocycles. The van der Waals surface area contributed by atoms with Crippen LogP contribution in [0.4, 0.5) is 0 Å². The van der Waals surface area contributed by atoms with Crippen LogP contribution in [0.3, 0.4) is 0 Å². The van der Waals surface area contributed by atoms with Crippen LogP contribution in [-0.4, -0.2) is 13.0 Å². The van der Waals surface area contributed by atoms with E-state index < -0.39 is 0 Å². The predicted octanol–water partition coefficient (Wildman–Crippen LogP) is 1.44. The van der Waals surface area contributed by atoms with Crippen molar-refractivity contribution in [3.63, 3.8) is 0 Å². The van der Waals surface area contributed by atoms with E-state index in [0.717, 1.165) is 11.3 Å². The standard InChI is InChI=1S/C14H14N2O2/c1-18-13-6-4-12(5-7-13)14(17)16-10-11-3-2-8-15-9-11/h2-9H,10H2,1H3,(H,16,17)/p+1. The Kier molecular flexibility index (Phi) is 3.91. The number of carbonyl (C=O) groups is 1. The van der Waals surface area contributed by atoms with Crippen molar-refractivity contribution in [1.82, 2.24) is 5.32 Å². The summed E-state index contributed by atoms with van der Waals surface area (Å²) in [6, 6.07) is 10.9. The van der Waals surface area contributed by atoms with Crippen LogP contribution >= 0.6 is 0 Å². The third kappa shape index (κ3) is 3.07. The fourth-order valence-corrected chi connectivity index (χ4v) is 1.57. The van der Waals surface area contributed by atoms with Gasteiger partial charge in [0, 0.05) is 23.7 Å². The second-order valence-electron chi connectivity index (χ2n) is 3.82. The highest BCUT2D eigenvalue weighted by molar-refractivity contribution is 5.94. The number of carbonyl (C=O) groups excluding carboxylic acids is 1. The third-order valence-corrected chi connectivity index (χ3v) is 2.58. The van der Waals surface area contributed by atoms with E-state index in [9.17, 15) is 4.79 Å².